The van der Waals surface area contributed by atoms with E-state index in [0.29, 0.717) is 22.0 Å². The molecule has 0 spiro atoms. The zero-order valence-corrected chi connectivity index (χ0v) is 11.6. The van der Waals surface area contributed by atoms with Crippen molar-refractivity contribution in [1.82, 2.24) is 9.97 Å². The van der Waals surface area contributed by atoms with Gasteiger partial charge >= 0.3 is 0 Å². The van der Waals surface area contributed by atoms with Crippen LogP contribution in [0.25, 0.3) is 0 Å². The van der Waals surface area contributed by atoms with Gasteiger partial charge < -0.3 is 4.74 Å². The molecule has 88 valence electrons. The van der Waals surface area contributed by atoms with Crippen LogP contribution in [0.2, 0.25) is 10.3 Å². The molecule has 17 heavy (non-hydrogen) atoms. The van der Waals surface area contributed by atoms with Gasteiger partial charge in [-0.2, -0.15) is 4.98 Å². The normalized spacial score (nSPS) is 10.3. The topological polar surface area (TPSA) is 35.0 Å². The molecule has 3 nitrogen and oxygen atoms in total. The first kappa shape index (κ1) is 12.6. The maximum atomic E-state index is 6.01. The molecule has 0 fully saturated rings. The molecule has 0 aliphatic rings. The van der Waals surface area contributed by atoms with E-state index in [9.17, 15) is 0 Å². The van der Waals surface area contributed by atoms with Crippen LogP contribution in [-0.4, -0.2) is 9.97 Å². The van der Waals surface area contributed by atoms with Crippen LogP contribution in [-0.2, 0) is 6.61 Å². The van der Waals surface area contributed by atoms with Crippen molar-refractivity contribution in [2.24, 2.45) is 0 Å². The molecule has 0 saturated heterocycles. The van der Waals surface area contributed by atoms with Crippen molar-refractivity contribution in [3.8, 4) is 5.88 Å². The van der Waals surface area contributed by atoms with Gasteiger partial charge in [0.15, 0.2) is 0 Å². The van der Waals surface area contributed by atoms with Gasteiger partial charge in [-0.3, -0.25) is 0 Å². The highest BCUT2D eigenvalue weighted by Crippen LogP contribution is 2.24. The van der Waals surface area contributed by atoms with E-state index in [0.717, 1.165) is 5.56 Å². The Morgan fingerprint density at radius 2 is 2.00 bits per heavy atom. The van der Waals surface area contributed by atoms with Gasteiger partial charge in [0.25, 0.3) is 0 Å². The van der Waals surface area contributed by atoms with Crippen LogP contribution in [0.1, 0.15) is 5.56 Å². The highest BCUT2D eigenvalue weighted by molar-refractivity contribution is 9.10. The van der Waals surface area contributed by atoms with Crippen molar-refractivity contribution < 1.29 is 4.74 Å². The maximum Gasteiger partial charge on any atom is 0.232 e. The Kier molecular flexibility index (Phi) is 4.20. The fourth-order valence-corrected chi connectivity index (χ4v) is 1.82. The lowest BCUT2D eigenvalue weighted by Gasteiger charge is -2.08. The van der Waals surface area contributed by atoms with E-state index in [2.05, 4.69) is 25.9 Å². The van der Waals surface area contributed by atoms with E-state index >= 15 is 0 Å². The lowest BCUT2D eigenvalue weighted by molar-refractivity contribution is 0.291. The maximum absolute atomic E-state index is 6.01. The summed E-state index contributed by atoms with van der Waals surface area (Å²) in [6.45, 7) is 0.325. The largest absolute Gasteiger partial charge is 0.472 e. The molecular formula is C11H7BrCl2N2O. The van der Waals surface area contributed by atoms with E-state index in [1.807, 2.05) is 24.3 Å². The third kappa shape index (κ3) is 3.31. The fraction of sp³-hybridized carbons (Fsp3) is 0.0909. The van der Waals surface area contributed by atoms with Crippen LogP contribution < -0.4 is 4.74 Å². The molecule has 1 aromatic carbocycles. The predicted octanol–water partition coefficient (Wildman–Crippen LogP) is 4.12. The first-order chi connectivity index (χ1) is 8.16. The van der Waals surface area contributed by atoms with E-state index in [-0.39, 0.29) is 5.28 Å². The van der Waals surface area contributed by atoms with Crippen LogP contribution in [0, 0.1) is 0 Å². The Morgan fingerprint density at radius 1 is 1.24 bits per heavy atom. The number of hydrogen-bond donors (Lipinski definition) is 0. The molecule has 0 aliphatic carbocycles. The molecular weight excluding hydrogens is 327 g/mol. The molecule has 0 radical (unpaired) electrons. The lowest BCUT2D eigenvalue weighted by Crippen LogP contribution is -1.99. The van der Waals surface area contributed by atoms with Crippen molar-refractivity contribution in [3.63, 3.8) is 0 Å². The second-order valence-corrected chi connectivity index (χ2v) is 4.77. The average molecular weight is 334 g/mol. The van der Waals surface area contributed by atoms with E-state index in [1.54, 1.807) is 0 Å². The monoisotopic (exact) mass is 332 g/mol. The average Bonchev–Trinajstić information content (AvgIpc) is 2.32. The molecule has 6 heteroatoms. The first-order valence-electron chi connectivity index (χ1n) is 4.71. The summed E-state index contributed by atoms with van der Waals surface area (Å²) >= 11 is 15.0. The molecule has 1 heterocycles. The fourth-order valence-electron chi connectivity index (χ4n) is 1.19. The zero-order valence-electron chi connectivity index (χ0n) is 8.53. The summed E-state index contributed by atoms with van der Waals surface area (Å²) in [6.07, 6.45) is 1.54. The number of nitrogens with zero attached hydrogens (tertiary/aromatic N) is 2. The molecule has 0 unspecified atom stereocenters. The summed E-state index contributed by atoms with van der Waals surface area (Å²) in [6, 6.07) is 7.46. The minimum Gasteiger partial charge on any atom is -0.472 e. The van der Waals surface area contributed by atoms with Gasteiger partial charge in [0.2, 0.25) is 11.2 Å². The van der Waals surface area contributed by atoms with Crippen LogP contribution in [0.5, 0.6) is 5.88 Å². The summed E-state index contributed by atoms with van der Waals surface area (Å²) in [5, 5.41) is 0.797. The SMILES string of the molecule is Clc1ncc(Br)c(OCc2ccccc2Cl)n1. The van der Waals surface area contributed by atoms with Crippen LogP contribution in [0.15, 0.2) is 34.9 Å². The van der Waals surface area contributed by atoms with E-state index < -0.39 is 0 Å². The Morgan fingerprint density at radius 3 is 2.76 bits per heavy atom. The van der Waals surface area contributed by atoms with Gasteiger partial charge in [0.1, 0.15) is 6.61 Å². The van der Waals surface area contributed by atoms with Gasteiger partial charge in [-0.05, 0) is 33.6 Å². The molecule has 0 saturated carbocycles. The van der Waals surface area contributed by atoms with Gasteiger partial charge in [-0.25, -0.2) is 4.98 Å². The van der Waals surface area contributed by atoms with Crippen molar-refractivity contribution in [2.75, 3.05) is 0 Å². The highest BCUT2D eigenvalue weighted by atomic mass is 79.9. The van der Waals surface area contributed by atoms with Crippen LogP contribution in [0.3, 0.4) is 0 Å². The Balaban J connectivity index is 2.12. The minimum atomic E-state index is 0.141. The molecule has 1 aromatic heterocycles. The Labute approximate surface area is 117 Å². The molecule has 0 amide bonds. The second kappa shape index (κ2) is 5.67. The second-order valence-electron chi connectivity index (χ2n) is 3.17. The highest BCUT2D eigenvalue weighted by Gasteiger charge is 2.06. The lowest BCUT2D eigenvalue weighted by atomic mass is 10.2. The third-order valence-corrected chi connectivity index (χ3v) is 3.10. The molecule has 0 aliphatic heterocycles. The molecule has 2 aromatic rings. The molecule has 2 rings (SSSR count). The molecule has 0 bridgehead atoms. The standard InChI is InChI=1S/C11H7BrCl2N2O/c12-8-5-15-11(14)16-10(8)17-6-7-3-1-2-4-9(7)13/h1-5H,6H2. The van der Waals surface area contributed by atoms with Crippen molar-refractivity contribution in [3.05, 3.63) is 50.8 Å². The number of halogens is 3. The van der Waals surface area contributed by atoms with Gasteiger partial charge in [0.05, 0.1) is 4.47 Å². The number of ether oxygens (including phenoxy) is 1. The Hall–Kier alpha value is -0.840. The minimum absolute atomic E-state index is 0.141. The smallest absolute Gasteiger partial charge is 0.232 e. The van der Waals surface area contributed by atoms with Crippen molar-refractivity contribution in [2.45, 2.75) is 6.61 Å². The number of rotatable bonds is 3. The zero-order chi connectivity index (χ0) is 12.3. The third-order valence-electron chi connectivity index (χ3n) is 2.00. The van der Waals surface area contributed by atoms with Gasteiger partial charge in [-0.1, -0.05) is 29.8 Å². The quantitative estimate of drug-likeness (QED) is 0.792. The predicted molar refractivity (Wildman–Crippen MR) is 70.5 cm³/mol. The number of aromatic nitrogens is 2. The van der Waals surface area contributed by atoms with Crippen molar-refractivity contribution >= 4 is 39.1 Å². The first-order valence-corrected chi connectivity index (χ1v) is 6.26. The van der Waals surface area contributed by atoms with Crippen LogP contribution >= 0.6 is 39.1 Å². The molecule has 0 N–H and O–H groups in total. The summed E-state index contributed by atoms with van der Waals surface area (Å²) in [4.78, 5) is 7.77. The Bertz CT molecular complexity index is 537. The molecule has 0 atom stereocenters. The van der Waals surface area contributed by atoms with E-state index in [1.165, 1.54) is 6.20 Å². The number of hydrogen-bond acceptors (Lipinski definition) is 3. The summed E-state index contributed by atoms with van der Waals surface area (Å²) in [7, 11) is 0. The summed E-state index contributed by atoms with van der Waals surface area (Å²) in [5.74, 6) is 0.393. The van der Waals surface area contributed by atoms with Gasteiger partial charge in [0, 0.05) is 16.8 Å². The van der Waals surface area contributed by atoms with Gasteiger partial charge in [-0.15, -0.1) is 0 Å². The van der Waals surface area contributed by atoms with E-state index in [4.69, 9.17) is 27.9 Å². The summed E-state index contributed by atoms with van der Waals surface area (Å²) in [5.41, 5.74) is 0.885. The number of benzene rings is 1. The summed E-state index contributed by atoms with van der Waals surface area (Å²) < 4.78 is 6.16. The van der Waals surface area contributed by atoms with Crippen LogP contribution in [0.4, 0.5) is 0 Å². The van der Waals surface area contributed by atoms with Crippen molar-refractivity contribution in [1.29, 1.82) is 0 Å².